The molecule has 3 rings (SSSR count). The van der Waals surface area contributed by atoms with E-state index in [0.717, 1.165) is 18.7 Å². The third-order valence-electron chi connectivity index (χ3n) is 4.63. The standard InChI is InChI=1S/C20H24N2O3S/c1-16-15-17(9-10-19(16)22-12-5-6-13-22)21-20(23)11-14-26(24,25)18-7-3-2-4-8-18/h2-4,7-10,15H,5-6,11-14H2,1H3,(H,21,23). The van der Waals surface area contributed by atoms with Crippen molar-refractivity contribution in [2.45, 2.75) is 31.1 Å². The summed E-state index contributed by atoms with van der Waals surface area (Å²) in [6, 6.07) is 14.1. The van der Waals surface area contributed by atoms with Crippen molar-refractivity contribution >= 4 is 27.1 Å². The van der Waals surface area contributed by atoms with Crippen molar-refractivity contribution in [1.29, 1.82) is 0 Å². The Kier molecular flexibility index (Phi) is 5.61. The molecule has 1 heterocycles. The molecule has 1 amide bonds. The summed E-state index contributed by atoms with van der Waals surface area (Å²) in [5.41, 5.74) is 3.02. The molecule has 0 radical (unpaired) electrons. The first kappa shape index (κ1) is 18.5. The molecule has 1 aliphatic rings. The van der Waals surface area contributed by atoms with Gasteiger partial charge in [0.25, 0.3) is 0 Å². The Morgan fingerprint density at radius 1 is 1.08 bits per heavy atom. The fourth-order valence-corrected chi connectivity index (χ4v) is 4.50. The lowest BCUT2D eigenvalue weighted by atomic mass is 10.1. The minimum atomic E-state index is -3.44. The highest BCUT2D eigenvalue weighted by molar-refractivity contribution is 7.91. The van der Waals surface area contributed by atoms with E-state index in [1.54, 1.807) is 30.3 Å². The highest BCUT2D eigenvalue weighted by Crippen LogP contribution is 2.26. The SMILES string of the molecule is Cc1cc(NC(=O)CCS(=O)(=O)c2ccccc2)ccc1N1CCCC1. The van der Waals surface area contributed by atoms with Crippen LogP contribution in [-0.2, 0) is 14.6 Å². The van der Waals surface area contributed by atoms with Gasteiger partial charge >= 0.3 is 0 Å². The quantitative estimate of drug-likeness (QED) is 0.844. The zero-order valence-corrected chi connectivity index (χ0v) is 15.8. The van der Waals surface area contributed by atoms with E-state index in [1.165, 1.54) is 18.5 Å². The summed E-state index contributed by atoms with van der Waals surface area (Å²) < 4.78 is 24.5. The fraction of sp³-hybridized carbons (Fsp3) is 0.350. The molecule has 6 heteroatoms. The molecule has 2 aromatic carbocycles. The summed E-state index contributed by atoms with van der Waals surface area (Å²) in [6.07, 6.45) is 2.37. The maximum absolute atomic E-state index is 12.2. The number of nitrogens with one attached hydrogen (secondary N) is 1. The summed E-state index contributed by atoms with van der Waals surface area (Å²) in [7, 11) is -3.44. The van der Waals surface area contributed by atoms with Crippen LogP contribution in [-0.4, -0.2) is 33.2 Å². The average molecular weight is 372 g/mol. The number of carbonyl (C=O) groups is 1. The van der Waals surface area contributed by atoms with Crippen molar-refractivity contribution in [3.8, 4) is 0 Å². The van der Waals surface area contributed by atoms with E-state index < -0.39 is 9.84 Å². The minimum Gasteiger partial charge on any atom is -0.371 e. The molecular formula is C20H24N2O3S. The van der Waals surface area contributed by atoms with Crippen molar-refractivity contribution in [2.24, 2.45) is 0 Å². The normalized spacial score (nSPS) is 14.4. The number of carbonyl (C=O) groups excluding carboxylic acids is 1. The highest BCUT2D eigenvalue weighted by atomic mass is 32.2. The van der Waals surface area contributed by atoms with E-state index in [4.69, 9.17) is 0 Å². The lowest BCUT2D eigenvalue weighted by Crippen LogP contribution is -2.19. The lowest BCUT2D eigenvalue weighted by molar-refractivity contribution is -0.115. The molecule has 0 bridgehead atoms. The molecule has 0 atom stereocenters. The number of amides is 1. The van der Waals surface area contributed by atoms with Crippen LogP contribution in [0.3, 0.4) is 0 Å². The fourth-order valence-electron chi connectivity index (χ4n) is 3.24. The minimum absolute atomic E-state index is 0.0653. The number of hydrogen-bond acceptors (Lipinski definition) is 4. The van der Waals surface area contributed by atoms with E-state index in [-0.39, 0.29) is 23.0 Å². The lowest BCUT2D eigenvalue weighted by Gasteiger charge is -2.20. The van der Waals surface area contributed by atoms with E-state index >= 15 is 0 Å². The number of benzene rings is 2. The third-order valence-corrected chi connectivity index (χ3v) is 6.36. The zero-order valence-electron chi connectivity index (χ0n) is 14.9. The van der Waals surface area contributed by atoms with Gasteiger partial charge in [0.2, 0.25) is 5.91 Å². The molecule has 1 aliphatic heterocycles. The van der Waals surface area contributed by atoms with Gasteiger partial charge in [0.1, 0.15) is 0 Å². The van der Waals surface area contributed by atoms with Crippen LogP contribution in [0.5, 0.6) is 0 Å². The number of rotatable bonds is 6. The zero-order chi connectivity index (χ0) is 18.6. The van der Waals surface area contributed by atoms with Gasteiger partial charge in [0.15, 0.2) is 9.84 Å². The first-order valence-corrected chi connectivity index (χ1v) is 10.5. The molecular weight excluding hydrogens is 348 g/mol. The molecule has 0 unspecified atom stereocenters. The van der Waals surface area contributed by atoms with Gasteiger partial charge < -0.3 is 10.2 Å². The van der Waals surface area contributed by atoms with Gasteiger partial charge in [-0.15, -0.1) is 0 Å². The van der Waals surface area contributed by atoms with Crippen LogP contribution in [0.4, 0.5) is 11.4 Å². The maximum atomic E-state index is 12.2. The average Bonchev–Trinajstić information content (AvgIpc) is 3.15. The molecule has 1 fully saturated rings. The van der Waals surface area contributed by atoms with E-state index in [1.807, 2.05) is 25.1 Å². The smallest absolute Gasteiger partial charge is 0.225 e. The molecule has 0 spiro atoms. The first-order valence-electron chi connectivity index (χ1n) is 8.89. The van der Waals surface area contributed by atoms with Crippen LogP contribution in [0.15, 0.2) is 53.4 Å². The molecule has 138 valence electrons. The molecule has 2 aromatic rings. The Hall–Kier alpha value is -2.34. The van der Waals surface area contributed by atoms with Crippen LogP contribution in [0.2, 0.25) is 0 Å². The molecule has 0 saturated carbocycles. The summed E-state index contributed by atoms with van der Waals surface area (Å²) in [5.74, 6) is -0.494. The van der Waals surface area contributed by atoms with Crippen molar-refractivity contribution in [2.75, 3.05) is 29.1 Å². The second-order valence-corrected chi connectivity index (χ2v) is 8.73. The van der Waals surface area contributed by atoms with Crippen LogP contribution in [0.25, 0.3) is 0 Å². The highest BCUT2D eigenvalue weighted by Gasteiger charge is 2.17. The van der Waals surface area contributed by atoms with Crippen molar-refractivity contribution < 1.29 is 13.2 Å². The van der Waals surface area contributed by atoms with Crippen LogP contribution in [0, 0.1) is 6.92 Å². The predicted octanol–water partition coefficient (Wildman–Crippen LogP) is 3.40. The summed E-state index contributed by atoms with van der Waals surface area (Å²) in [4.78, 5) is 14.8. The molecule has 26 heavy (non-hydrogen) atoms. The van der Waals surface area contributed by atoms with E-state index in [0.29, 0.717) is 5.69 Å². The van der Waals surface area contributed by atoms with Gasteiger partial charge in [-0.3, -0.25) is 4.79 Å². The Labute approximate surface area is 154 Å². The van der Waals surface area contributed by atoms with Crippen LogP contribution in [0.1, 0.15) is 24.8 Å². The first-order chi connectivity index (χ1) is 12.5. The molecule has 0 aliphatic carbocycles. The molecule has 1 N–H and O–H groups in total. The summed E-state index contributed by atoms with van der Waals surface area (Å²) >= 11 is 0. The summed E-state index contributed by atoms with van der Waals surface area (Å²) in [6.45, 7) is 4.18. The Morgan fingerprint density at radius 3 is 2.42 bits per heavy atom. The van der Waals surface area contributed by atoms with Gasteiger partial charge in [-0.25, -0.2) is 8.42 Å². The second kappa shape index (κ2) is 7.91. The van der Waals surface area contributed by atoms with Gasteiger partial charge in [-0.05, 0) is 55.7 Å². The van der Waals surface area contributed by atoms with Crippen molar-refractivity contribution in [3.05, 3.63) is 54.1 Å². The number of anilines is 2. The van der Waals surface area contributed by atoms with E-state index in [2.05, 4.69) is 10.2 Å². The largest absolute Gasteiger partial charge is 0.371 e. The van der Waals surface area contributed by atoms with Gasteiger partial charge in [-0.2, -0.15) is 0 Å². The number of aryl methyl sites for hydroxylation is 1. The van der Waals surface area contributed by atoms with Gasteiger partial charge in [0.05, 0.1) is 10.6 Å². The number of hydrogen-bond donors (Lipinski definition) is 1. The molecule has 1 saturated heterocycles. The van der Waals surface area contributed by atoms with Crippen LogP contribution < -0.4 is 10.2 Å². The number of sulfone groups is 1. The maximum Gasteiger partial charge on any atom is 0.225 e. The number of nitrogens with zero attached hydrogens (tertiary/aromatic N) is 1. The van der Waals surface area contributed by atoms with Gasteiger partial charge in [-0.1, -0.05) is 18.2 Å². The second-order valence-electron chi connectivity index (χ2n) is 6.63. The van der Waals surface area contributed by atoms with Gasteiger partial charge in [0, 0.05) is 30.9 Å². The monoisotopic (exact) mass is 372 g/mol. The Morgan fingerprint density at radius 2 is 1.77 bits per heavy atom. The Bertz CT molecular complexity index is 873. The predicted molar refractivity (Wildman–Crippen MR) is 104 cm³/mol. The van der Waals surface area contributed by atoms with Crippen LogP contribution >= 0.6 is 0 Å². The molecule has 0 aromatic heterocycles. The summed E-state index contributed by atoms with van der Waals surface area (Å²) in [5, 5.41) is 2.80. The molecule has 5 nitrogen and oxygen atoms in total. The topological polar surface area (TPSA) is 66.5 Å². The van der Waals surface area contributed by atoms with Crippen molar-refractivity contribution in [3.63, 3.8) is 0 Å². The third kappa shape index (κ3) is 4.43. The van der Waals surface area contributed by atoms with Crippen molar-refractivity contribution in [1.82, 2.24) is 0 Å². The van der Waals surface area contributed by atoms with E-state index in [9.17, 15) is 13.2 Å². The Balaban J connectivity index is 1.59.